The van der Waals surface area contributed by atoms with E-state index in [0.717, 1.165) is 16.7 Å². The van der Waals surface area contributed by atoms with E-state index in [0.29, 0.717) is 28.0 Å². The van der Waals surface area contributed by atoms with Crippen LogP contribution >= 0.6 is 0 Å². The van der Waals surface area contributed by atoms with Gasteiger partial charge in [0.25, 0.3) is 5.91 Å². The van der Waals surface area contributed by atoms with Crippen LogP contribution in [0.25, 0.3) is 33.4 Å². The van der Waals surface area contributed by atoms with Crippen molar-refractivity contribution in [3.63, 3.8) is 0 Å². The average Bonchev–Trinajstić information content (AvgIpc) is 3.16. The van der Waals surface area contributed by atoms with E-state index in [9.17, 15) is 4.79 Å². The molecule has 0 fully saturated rings. The first-order valence-corrected chi connectivity index (χ1v) is 8.29. The fourth-order valence-corrected chi connectivity index (χ4v) is 3.04. The van der Waals surface area contributed by atoms with Gasteiger partial charge in [-0.25, -0.2) is 5.48 Å². The number of rotatable bonds is 4. The Morgan fingerprint density at radius 3 is 2.59 bits per heavy atom. The van der Waals surface area contributed by atoms with Crippen LogP contribution in [0.15, 0.2) is 71.3 Å². The van der Waals surface area contributed by atoms with Crippen LogP contribution in [0.4, 0.5) is 0 Å². The highest BCUT2D eigenvalue weighted by Gasteiger charge is 2.16. The standard InChI is InChI=1S/C21H16N2O4/c1-26-19-12-14(7-9-16(19)13-5-3-2-4-6-13)20-17-11-15(21(24)22-25)8-10-18(17)23-27-20/h2-12,25H,1H3,(H,22,24). The Morgan fingerprint density at radius 2 is 1.85 bits per heavy atom. The summed E-state index contributed by atoms with van der Waals surface area (Å²) in [6.45, 7) is 0. The van der Waals surface area contributed by atoms with E-state index in [4.69, 9.17) is 14.5 Å². The maximum Gasteiger partial charge on any atom is 0.274 e. The van der Waals surface area contributed by atoms with Crippen molar-refractivity contribution in [2.45, 2.75) is 0 Å². The number of nitrogens with one attached hydrogen (secondary N) is 1. The number of amides is 1. The molecule has 0 bridgehead atoms. The summed E-state index contributed by atoms with van der Waals surface area (Å²) >= 11 is 0. The first kappa shape index (κ1) is 16.8. The summed E-state index contributed by atoms with van der Waals surface area (Å²) in [5.41, 5.74) is 5.34. The molecule has 3 aromatic carbocycles. The third kappa shape index (κ3) is 3.02. The largest absolute Gasteiger partial charge is 0.496 e. The summed E-state index contributed by atoms with van der Waals surface area (Å²) in [6, 6.07) is 20.6. The molecule has 4 aromatic rings. The van der Waals surface area contributed by atoms with Crippen LogP contribution in [0.2, 0.25) is 0 Å². The van der Waals surface area contributed by atoms with E-state index in [1.165, 1.54) is 0 Å². The molecular formula is C21H16N2O4. The van der Waals surface area contributed by atoms with Crippen LogP contribution in [0.3, 0.4) is 0 Å². The predicted molar refractivity (Wildman–Crippen MR) is 101 cm³/mol. The molecule has 1 aromatic heterocycles. The molecule has 0 aliphatic heterocycles. The van der Waals surface area contributed by atoms with Gasteiger partial charge in [0.1, 0.15) is 11.3 Å². The zero-order valence-corrected chi connectivity index (χ0v) is 14.5. The lowest BCUT2D eigenvalue weighted by Crippen LogP contribution is -2.18. The van der Waals surface area contributed by atoms with Crippen molar-refractivity contribution >= 4 is 16.8 Å². The van der Waals surface area contributed by atoms with E-state index in [1.807, 2.05) is 48.5 Å². The number of nitrogens with zero attached hydrogens (tertiary/aromatic N) is 1. The molecular weight excluding hydrogens is 344 g/mol. The highest BCUT2D eigenvalue weighted by molar-refractivity contribution is 6.00. The Balaban J connectivity index is 1.83. The van der Waals surface area contributed by atoms with Gasteiger partial charge in [-0.2, -0.15) is 0 Å². The quantitative estimate of drug-likeness (QED) is 0.419. The number of hydroxylamine groups is 1. The molecule has 0 radical (unpaired) electrons. The SMILES string of the molecule is COc1cc(-c2onc3ccc(C(=O)NO)cc23)ccc1-c1ccccc1. The topological polar surface area (TPSA) is 84.6 Å². The summed E-state index contributed by atoms with van der Waals surface area (Å²) in [7, 11) is 1.62. The molecule has 0 aliphatic carbocycles. The molecule has 0 saturated heterocycles. The highest BCUT2D eigenvalue weighted by Crippen LogP contribution is 2.36. The van der Waals surface area contributed by atoms with Gasteiger partial charge in [-0.1, -0.05) is 41.6 Å². The molecule has 2 N–H and O–H groups in total. The molecule has 134 valence electrons. The number of carbonyl (C=O) groups excluding carboxylic acids is 1. The monoisotopic (exact) mass is 360 g/mol. The van der Waals surface area contributed by atoms with Crippen molar-refractivity contribution in [3.8, 4) is 28.2 Å². The van der Waals surface area contributed by atoms with Gasteiger partial charge in [0, 0.05) is 16.7 Å². The lowest BCUT2D eigenvalue weighted by Gasteiger charge is -2.10. The second-order valence-corrected chi connectivity index (χ2v) is 5.97. The fourth-order valence-electron chi connectivity index (χ4n) is 3.04. The Morgan fingerprint density at radius 1 is 1.04 bits per heavy atom. The normalized spacial score (nSPS) is 10.7. The summed E-state index contributed by atoms with van der Waals surface area (Å²) < 4.78 is 11.1. The van der Waals surface area contributed by atoms with Crippen molar-refractivity contribution in [1.82, 2.24) is 10.6 Å². The number of aromatic nitrogens is 1. The van der Waals surface area contributed by atoms with Gasteiger partial charge in [-0.05, 0) is 35.9 Å². The Kier molecular flexibility index (Phi) is 4.32. The van der Waals surface area contributed by atoms with Crippen molar-refractivity contribution in [1.29, 1.82) is 0 Å². The first-order chi connectivity index (χ1) is 13.2. The van der Waals surface area contributed by atoms with Gasteiger partial charge in [0.15, 0.2) is 5.76 Å². The summed E-state index contributed by atoms with van der Waals surface area (Å²) in [5, 5.41) is 13.6. The second-order valence-electron chi connectivity index (χ2n) is 5.97. The number of hydrogen-bond acceptors (Lipinski definition) is 5. The van der Waals surface area contributed by atoms with Gasteiger partial charge in [-0.15, -0.1) is 0 Å². The zero-order valence-electron chi connectivity index (χ0n) is 14.5. The molecule has 6 heteroatoms. The lowest BCUT2D eigenvalue weighted by molar-refractivity contribution is 0.0706. The second kappa shape index (κ2) is 6.93. The van der Waals surface area contributed by atoms with Crippen molar-refractivity contribution < 1.29 is 19.3 Å². The first-order valence-electron chi connectivity index (χ1n) is 8.29. The molecule has 0 saturated carbocycles. The number of methoxy groups -OCH3 is 1. The molecule has 1 amide bonds. The minimum absolute atomic E-state index is 0.308. The van der Waals surface area contributed by atoms with E-state index in [1.54, 1.807) is 30.8 Å². The Hall–Kier alpha value is -3.64. The van der Waals surface area contributed by atoms with E-state index in [2.05, 4.69) is 5.16 Å². The van der Waals surface area contributed by atoms with Gasteiger partial charge in [0.2, 0.25) is 0 Å². The Bertz CT molecular complexity index is 1120. The molecule has 6 nitrogen and oxygen atoms in total. The molecule has 4 rings (SSSR count). The fraction of sp³-hybridized carbons (Fsp3) is 0.0476. The van der Waals surface area contributed by atoms with Crippen LogP contribution in [-0.2, 0) is 0 Å². The molecule has 27 heavy (non-hydrogen) atoms. The van der Waals surface area contributed by atoms with Gasteiger partial charge in [-0.3, -0.25) is 10.0 Å². The number of carbonyl (C=O) groups is 1. The van der Waals surface area contributed by atoms with Crippen LogP contribution in [0.5, 0.6) is 5.75 Å². The lowest BCUT2D eigenvalue weighted by atomic mass is 10.00. The van der Waals surface area contributed by atoms with Gasteiger partial charge >= 0.3 is 0 Å². The smallest absolute Gasteiger partial charge is 0.274 e. The van der Waals surface area contributed by atoms with E-state index >= 15 is 0 Å². The number of ether oxygens (including phenoxy) is 1. The minimum atomic E-state index is -0.596. The molecule has 0 aliphatic rings. The third-order valence-electron chi connectivity index (χ3n) is 4.39. The zero-order chi connectivity index (χ0) is 18.8. The molecule has 1 heterocycles. The summed E-state index contributed by atoms with van der Waals surface area (Å²) in [6.07, 6.45) is 0. The summed E-state index contributed by atoms with van der Waals surface area (Å²) in [5.74, 6) is 0.629. The van der Waals surface area contributed by atoms with Crippen LogP contribution in [-0.4, -0.2) is 23.4 Å². The third-order valence-corrected chi connectivity index (χ3v) is 4.39. The van der Waals surface area contributed by atoms with Crippen LogP contribution in [0, 0.1) is 0 Å². The number of fused-ring (bicyclic) bond motifs is 1. The maximum absolute atomic E-state index is 11.7. The minimum Gasteiger partial charge on any atom is -0.496 e. The molecule has 0 atom stereocenters. The number of benzene rings is 3. The van der Waals surface area contributed by atoms with Crippen LogP contribution < -0.4 is 10.2 Å². The highest BCUT2D eigenvalue weighted by atomic mass is 16.5. The molecule has 0 spiro atoms. The van der Waals surface area contributed by atoms with Crippen LogP contribution in [0.1, 0.15) is 10.4 Å². The van der Waals surface area contributed by atoms with Gasteiger partial charge in [0.05, 0.1) is 12.5 Å². The van der Waals surface area contributed by atoms with Crippen molar-refractivity contribution in [3.05, 3.63) is 72.3 Å². The van der Waals surface area contributed by atoms with Crippen molar-refractivity contribution in [2.24, 2.45) is 0 Å². The average molecular weight is 360 g/mol. The van der Waals surface area contributed by atoms with Gasteiger partial charge < -0.3 is 9.26 Å². The van der Waals surface area contributed by atoms with Crippen molar-refractivity contribution in [2.75, 3.05) is 7.11 Å². The maximum atomic E-state index is 11.7. The predicted octanol–water partition coefficient (Wildman–Crippen LogP) is 4.29. The summed E-state index contributed by atoms with van der Waals surface area (Å²) in [4.78, 5) is 11.7. The Labute approximate surface area is 154 Å². The van der Waals surface area contributed by atoms with E-state index < -0.39 is 5.91 Å². The molecule has 0 unspecified atom stereocenters. The number of hydrogen-bond donors (Lipinski definition) is 2. The van der Waals surface area contributed by atoms with E-state index in [-0.39, 0.29) is 0 Å².